The molecule has 0 spiro atoms. The SMILES string of the molecule is COC(=O)c1cccc(SC2CCCC2)n1.OCc1cccc(SC2CCCC2)n1. The lowest BCUT2D eigenvalue weighted by molar-refractivity contribution is 0.0593. The molecular formula is C23H30N2O3S2. The number of aromatic nitrogens is 2. The molecule has 2 aromatic heterocycles. The van der Waals surface area contributed by atoms with E-state index in [0.717, 1.165) is 21.0 Å². The van der Waals surface area contributed by atoms with Crippen molar-refractivity contribution in [3.8, 4) is 0 Å². The van der Waals surface area contributed by atoms with Gasteiger partial charge in [0.2, 0.25) is 0 Å². The minimum Gasteiger partial charge on any atom is -0.464 e. The summed E-state index contributed by atoms with van der Waals surface area (Å²) < 4.78 is 4.65. The number of carbonyl (C=O) groups excluding carboxylic acids is 1. The van der Waals surface area contributed by atoms with E-state index >= 15 is 0 Å². The van der Waals surface area contributed by atoms with E-state index in [1.807, 2.05) is 42.1 Å². The van der Waals surface area contributed by atoms with Crippen LogP contribution in [-0.4, -0.2) is 38.7 Å². The van der Waals surface area contributed by atoms with Crippen LogP contribution < -0.4 is 0 Å². The van der Waals surface area contributed by atoms with Gasteiger partial charge in [0.15, 0.2) is 0 Å². The van der Waals surface area contributed by atoms with Crippen LogP contribution in [0.3, 0.4) is 0 Å². The Hall–Kier alpha value is -1.57. The second kappa shape index (κ2) is 12.3. The number of aliphatic hydroxyl groups is 1. The minimum absolute atomic E-state index is 0.0407. The van der Waals surface area contributed by atoms with Gasteiger partial charge in [-0.15, -0.1) is 23.5 Å². The van der Waals surface area contributed by atoms with Crippen LogP contribution in [-0.2, 0) is 11.3 Å². The highest BCUT2D eigenvalue weighted by atomic mass is 32.2. The lowest BCUT2D eigenvalue weighted by atomic mass is 10.3. The fraction of sp³-hybridized carbons (Fsp3) is 0.522. The summed E-state index contributed by atoms with van der Waals surface area (Å²) in [7, 11) is 1.38. The monoisotopic (exact) mass is 446 g/mol. The first-order chi connectivity index (χ1) is 14.7. The summed E-state index contributed by atoms with van der Waals surface area (Å²) in [6.07, 6.45) is 10.5. The number of esters is 1. The number of hydrogen-bond donors (Lipinski definition) is 1. The van der Waals surface area contributed by atoms with E-state index in [0.29, 0.717) is 10.9 Å². The Morgan fingerprint density at radius 1 is 0.933 bits per heavy atom. The Morgan fingerprint density at radius 3 is 2.00 bits per heavy atom. The van der Waals surface area contributed by atoms with E-state index in [-0.39, 0.29) is 12.6 Å². The van der Waals surface area contributed by atoms with Gasteiger partial charge in [0.25, 0.3) is 0 Å². The van der Waals surface area contributed by atoms with E-state index in [2.05, 4.69) is 14.7 Å². The summed E-state index contributed by atoms with van der Waals surface area (Å²) in [5.74, 6) is -0.367. The highest BCUT2D eigenvalue weighted by Gasteiger charge is 2.18. The maximum Gasteiger partial charge on any atom is 0.356 e. The third-order valence-corrected chi connectivity index (χ3v) is 7.79. The molecule has 0 radical (unpaired) electrons. The van der Waals surface area contributed by atoms with Crippen LogP contribution in [0.4, 0.5) is 0 Å². The van der Waals surface area contributed by atoms with Gasteiger partial charge in [-0.3, -0.25) is 0 Å². The number of hydrogen-bond acceptors (Lipinski definition) is 7. The lowest BCUT2D eigenvalue weighted by Gasteiger charge is -2.08. The van der Waals surface area contributed by atoms with Gasteiger partial charge in [-0.25, -0.2) is 14.8 Å². The Labute approximate surface area is 187 Å². The number of pyridine rings is 2. The number of rotatable bonds is 6. The summed E-state index contributed by atoms with van der Waals surface area (Å²) in [5.41, 5.74) is 1.17. The molecule has 2 heterocycles. The predicted molar refractivity (Wildman–Crippen MR) is 122 cm³/mol. The van der Waals surface area contributed by atoms with Gasteiger partial charge in [0.1, 0.15) is 5.69 Å². The highest BCUT2D eigenvalue weighted by molar-refractivity contribution is 8.00. The largest absolute Gasteiger partial charge is 0.464 e. The zero-order valence-corrected chi connectivity index (χ0v) is 19.1. The molecule has 0 unspecified atom stereocenters. The van der Waals surface area contributed by atoms with Crippen LogP contribution >= 0.6 is 23.5 Å². The van der Waals surface area contributed by atoms with E-state index < -0.39 is 0 Å². The Morgan fingerprint density at radius 2 is 1.47 bits per heavy atom. The molecule has 4 rings (SSSR count). The zero-order valence-electron chi connectivity index (χ0n) is 17.5. The average Bonchev–Trinajstić information content (AvgIpc) is 3.48. The van der Waals surface area contributed by atoms with Gasteiger partial charge in [-0.2, -0.15) is 0 Å². The van der Waals surface area contributed by atoms with Crippen molar-refractivity contribution in [1.29, 1.82) is 0 Å². The minimum atomic E-state index is -0.367. The van der Waals surface area contributed by atoms with Crippen molar-refractivity contribution >= 4 is 29.5 Å². The van der Waals surface area contributed by atoms with E-state index in [9.17, 15) is 4.79 Å². The van der Waals surface area contributed by atoms with Crippen molar-refractivity contribution in [2.75, 3.05) is 7.11 Å². The molecule has 1 N–H and O–H groups in total. The highest BCUT2D eigenvalue weighted by Crippen LogP contribution is 2.34. The molecule has 0 aromatic carbocycles. The van der Waals surface area contributed by atoms with E-state index in [1.165, 1.54) is 58.5 Å². The number of thioether (sulfide) groups is 2. The van der Waals surface area contributed by atoms with Crippen molar-refractivity contribution in [2.24, 2.45) is 0 Å². The molecule has 2 aliphatic carbocycles. The van der Waals surface area contributed by atoms with Crippen LogP contribution in [0.15, 0.2) is 46.5 Å². The molecule has 0 atom stereocenters. The topological polar surface area (TPSA) is 72.3 Å². The molecule has 7 heteroatoms. The second-order valence-corrected chi connectivity index (χ2v) is 10.2. The molecule has 0 bridgehead atoms. The standard InChI is InChI=1S/C12H15NO2S.C11H15NOS/c1-15-12(14)10-7-4-8-11(13-10)16-9-5-2-3-6-9;13-8-9-4-3-7-11(12-9)14-10-5-1-2-6-10/h4,7-9H,2-3,5-6H2,1H3;3-4,7,10,13H,1-2,5-6,8H2. The molecule has 162 valence electrons. The van der Waals surface area contributed by atoms with Gasteiger partial charge >= 0.3 is 5.97 Å². The van der Waals surface area contributed by atoms with Crippen molar-refractivity contribution in [1.82, 2.24) is 9.97 Å². The van der Waals surface area contributed by atoms with Crippen LogP contribution in [0.1, 0.15) is 67.5 Å². The third-order valence-electron chi connectivity index (χ3n) is 5.24. The molecule has 0 aliphatic heterocycles. The summed E-state index contributed by atoms with van der Waals surface area (Å²) >= 11 is 3.63. The van der Waals surface area contributed by atoms with Crippen LogP contribution in [0.25, 0.3) is 0 Å². The maximum absolute atomic E-state index is 11.3. The van der Waals surface area contributed by atoms with Gasteiger partial charge in [0.05, 0.1) is 29.5 Å². The number of aliphatic hydroxyl groups excluding tert-OH is 1. The van der Waals surface area contributed by atoms with Crippen molar-refractivity contribution < 1.29 is 14.6 Å². The summed E-state index contributed by atoms with van der Waals surface area (Å²) in [6.45, 7) is 0.0407. The molecule has 0 amide bonds. The number of ether oxygens (including phenoxy) is 1. The van der Waals surface area contributed by atoms with E-state index in [1.54, 1.807) is 17.8 Å². The average molecular weight is 447 g/mol. The molecule has 2 aromatic rings. The summed E-state index contributed by atoms with van der Waals surface area (Å²) in [4.78, 5) is 20.0. The van der Waals surface area contributed by atoms with Crippen molar-refractivity contribution in [3.05, 3.63) is 47.8 Å². The molecule has 5 nitrogen and oxygen atoms in total. The molecule has 2 saturated carbocycles. The van der Waals surface area contributed by atoms with Gasteiger partial charge in [-0.05, 0) is 49.9 Å². The summed E-state index contributed by atoms with van der Waals surface area (Å²) in [5, 5.41) is 12.3. The van der Waals surface area contributed by atoms with Gasteiger partial charge in [-0.1, -0.05) is 37.8 Å². The fourth-order valence-electron chi connectivity index (χ4n) is 3.66. The van der Waals surface area contributed by atoms with Crippen molar-refractivity contribution in [3.63, 3.8) is 0 Å². The number of nitrogens with zero attached hydrogens (tertiary/aromatic N) is 2. The Bertz CT molecular complexity index is 807. The first-order valence-corrected chi connectivity index (χ1v) is 12.4. The maximum atomic E-state index is 11.3. The first-order valence-electron chi connectivity index (χ1n) is 10.6. The second-order valence-electron chi connectivity index (χ2n) is 7.53. The molecule has 2 aliphatic rings. The third kappa shape index (κ3) is 7.29. The fourth-order valence-corrected chi connectivity index (χ4v) is 6.12. The van der Waals surface area contributed by atoms with Gasteiger partial charge in [0, 0.05) is 10.5 Å². The van der Waals surface area contributed by atoms with Crippen LogP contribution in [0.2, 0.25) is 0 Å². The molecule has 0 saturated heterocycles. The smallest absolute Gasteiger partial charge is 0.356 e. The van der Waals surface area contributed by atoms with Gasteiger partial charge < -0.3 is 9.84 Å². The molecule has 2 fully saturated rings. The Balaban J connectivity index is 0.000000172. The number of methoxy groups -OCH3 is 1. The first kappa shape index (κ1) is 23.1. The van der Waals surface area contributed by atoms with Crippen molar-refractivity contribution in [2.45, 2.75) is 78.5 Å². The van der Waals surface area contributed by atoms with Crippen LogP contribution in [0.5, 0.6) is 0 Å². The summed E-state index contributed by atoms with van der Waals surface area (Å²) in [6, 6.07) is 11.4. The lowest BCUT2D eigenvalue weighted by Crippen LogP contribution is -2.05. The predicted octanol–water partition coefficient (Wildman–Crippen LogP) is 5.51. The normalized spacial score (nSPS) is 16.9. The molecule has 30 heavy (non-hydrogen) atoms. The number of carbonyl (C=O) groups is 1. The molecular weight excluding hydrogens is 416 g/mol. The Kier molecular flexibility index (Phi) is 9.49. The van der Waals surface area contributed by atoms with E-state index in [4.69, 9.17) is 5.11 Å². The van der Waals surface area contributed by atoms with Crippen LogP contribution in [0, 0.1) is 0 Å². The zero-order chi connectivity index (χ0) is 21.2. The quantitative estimate of drug-likeness (QED) is 0.586.